The Balaban J connectivity index is 2.12. The van der Waals surface area contributed by atoms with Gasteiger partial charge in [-0.05, 0) is 43.3 Å². The lowest BCUT2D eigenvalue weighted by Crippen LogP contribution is -2.17. The van der Waals surface area contributed by atoms with Gasteiger partial charge in [-0.3, -0.25) is 0 Å². The average Bonchev–Trinajstić information content (AvgIpc) is 2.40. The van der Waals surface area contributed by atoms with Crippen molar-refractivity contribution in [3.05, 3.63) is 48.3 Å². The van der Waals surface area contributed by atoms with Gasteiger partial charge in [0.2, 0.25) is 0 Å². The molecular formula is C14H17N3S. The van der Waals surface area contributed by atoms with E-state index in [1.54, 1.807) is 18.0 Å². The van der Waals surface area contributed by atoms with Crippen molar-refractivity contribution in [2.75, 3.05) is 6.54 Å². The van der Waals surface area contributed by atoms with E-state index in [9.17, 15) is 0 Å². The topological polar surface area (TPSA) is 37.8 Å². The Hall–Kier alpha value is -1.39. The second kappa shape index (κ2) is 6.52. The fourth-order valence-corrected chi connectivity index (χ4v) is 2.47. The number of aromatic nitrogens is 2. The zero-order valence-corrected chi connectivity index (χ0v) is 11.4. The molecule has 0 aromatic carbocycles. The number of hydrogen-bond donors (Lipinski definition) is 1. The highest BCUT2D eigenvalue weighted by molar-refractivity contribution is 7.99. The van der Waals surface area contributed by atoms with Crippen LogP contribution >= 0.6 is 11.8 Å². The van der Waals surface area contributed by atoms with Crippen LogP contribution in [0.1, 0.15) is 25.5 Å². The van der Waals surface area contributed by atoms with Crippen molar-refractivity contribution in [1.82, 2.24) is 15.3 Å². The van der Waals surface area contributed by atoms with Gasteiger partial charge in [-0.1, -0.05) is 24.8 Å². The number of nitrogens with one attached hydrogen (secondary N) is 1. The molecular weight excluding hydrogens is 242 g/mol. The summed E-state index contributed by atoms with van der Waals surface area (Å²) in [6, 6.07) is 10.4. The van der Waals surface area contributed by atoms with Crippen molar-refractivity contribution in [2.24, 2.45) is 0 Å². The van der Waals surface area contributed by atoms with Crippen molar-refractivity contribution < 1.29 is 0 Å². The fraction of sp³-hybridized carbons (Fsp3) is 0.286. The van der Waals surface area contributed by atoms with E-state index in [0.29, 0.717) is 6.04 Å². The summed E-state index contributed by atoms with van der Waals surface area (Å²) in [5, 5.41) is 5.35. The van der Waals surface area contributed by atoms with Crippen molar-refractivity contribution in [2.45, 2.75) is 29.9 Å². The number of rotatable bonds is 5. The van der Waals surface area contributed by atoms with Crippen LogP contribution in [0.3, 0.4) is 0 Å². The third-order valence-corrected chi connectivity index (χ3v) is 3.50. The molecule has 0 aliphatic heterocycles. The molecule has 1 N–H and O–H groups in total. The molecule has 0 radical (unpaired) electrons. The zero-order chi connectivity index (χ0) is 12.8. The maximum absolute atomic E-state index is 4.37. The summed E-state index contributed by atoms with van der Waals surface area (Å²) in [6.07, 6.45) is 3.65. The van der Waals surface area contributed by atoms with Gasteiger partial charge in [0.25, 0.3) is 0 Å². The average molecular weight is 259 g/mol. The van der Waals surface area contributed by atoms with Crippen LogP contribution in [0.4, 0.5) is 0 Å². The number of pyridine rings is 2. The first-order chi connectivity index (χ1) is 8.79. The molecule has 94 valence electrons. The zero-order valence-electron chi connectivity index (χ0n) is 10.6. The molecule has 4 heteroatoms. The highest BCUT2D eigenvalue weighted by Crippen LogP contribution is 2.25. The lowest BCUT2D eigenvalue weighted by molar-refractivity contribution is 0.596. The van der Waals surface area contributed by atoms with Gasteiger partial charge >= 0.3 is 0 Å². The van der Waals surface area contributed by atoms with Gasteiger partial charge in [0, 0.05) is 18.4 Å². The Morgan fingerprint density at radius 2 is 2.00 bits per heavy atom. The van der Waals surface area contributed by atoms with Gasteiger partial charge < -0.3 is 5.32 Å². The molecule has 3 nitrogen and oxygen atoms in total. The van der Waals surface area contributed by atoms with Crippen molar-refractivity contribution in [1.29, 1.82) is 0 Å². The summed E-state index contributed by atoms with van der Waals surface area (Å²) in [4.78, 5) is 8.66. The van der Waals surface area contributed by atoms with E-state index >= 15 is 0 Å². The van der Waals surface area contributed by atoms with Gasteiger partial charge in [-0.2, -0.15) is 0 Å². The molecule has 2 heterocycles. The summed E-state index contributed by atoms with van der Waals surface area (Å²) in [5.74, 6) is 0. The molecule has 0 aliphatic carbocycles. The molecule has 0 saturated carbocycles. The minimum atomic E-state index is 0.348. The number of hydrogen-bond acceptors (Lipinski definition) is 4. The van der Waals surface area contributed by atoms with Gasteiger partial charge in [-0.25, -0.2) is 9.97 Å². The summed E-state index contributed by atoms with van der Waals surface area (Å²) >= 11 is 1.59. The summed E-state index contributed by atoms with van der Waals surface area (Å²) in [6.45, 7) is 5.24. The van der Waals surface area contributed by atoms with Crippen LogP contribution in [0.5, 0.6) is 0 Å². The van der Waals surface area contributed by atoms with E-state index in [2.05, 4.69) is 41.3 Å². The molecule has 18 heavy (non-hydrogen) atoms. The molecule has 0 aliphatic rings. The molecule has 0 bridgehead atoms. The van der Waals surface area contributed by atoms with E-state index < -0.39 is 0 Å². The lowest BCUT2D eigenvalue weighted by Gasteiger charge is -2.13. The molecule has 1 atom stereocenters. The molecule has 2 aromatic heterocycles. The molecule has 1 unspecified atom stereocenters. The quantitative estimate of drug-likeness (QED) is 0.894. The predicted octanol–water partition coefficient (Wildman–Crippen LogP) is 3.30. The van der Waals surface area contributed by atoms with Gasteiger partial charge in [-0.15, -0.1) is 0 Å². The molecule has 0 spiro atoms. The minimum Gasteiger partial charge on any atom is -0.310 e. The van der Waals surface area contributed by atoms with Crippen LogP contribution in [0, 0.1) is 0 Å². The maximum atomic E-state index is 4.37. The lowest BCUT2D eigenvalue weighted by atomic mass is 10.1. The van der Waals surface area contributed by atoms with Crippen molar-refractivity contribution in [3.63, 3.8) is 0 Å². The van der Waals surface area contributed by atoms with Gasteiger partial charge in [0.15, 0.2) is 0 Å². The smallest absolute Gasteiger partial charge is 0.102 e. The maximum Gasteiger partial charge on any atom is 0.102 e. The molecule has 0 saturated heterocycles. The summed E-state index contributed by atoms with van der Waals surface area (Å²) in [7, 11) is 0. The summed E-state index contributed by atoms with van der Waals surface area (Å²) in [5.41, 5.74) is 1.25. The van der Waals surface area contributed by atoms with Crippen molar-refractivity contribution in [3.8, 4) is 0 Å². The predicted molar refractivity (Wildman–Crippen MR) is 74.7 cm³/mol. The summed E-state index contributed by atoms with van der Waals surface area (Å²) < 4.78 is 0. The van der Waals surface area contributed by atoms with E-state index in [-0.39, 0.29) is 0 Å². The molecule has 0 amide bonds. The van der Waals surface area contributed by atoms with Gasteiger partial charge in [0.1, 0.15) is 10.1 Å². The fourth-order valence-electron chi connectivity index (χ4n) is 1.69. The Morgan fingerprint density at radius 1 is 1.17 bits per heavy atom. The third kappa shape index (κ3) is 3.55. The second-order valence-electron chi connectivity index (χ2n) is 3.98. The monoisotopic (exact) mass is 259 g/mol. The first-order valence-electron chi connectivity index (χ1n) is 6.08. The Kier molecular flexibility index (Phi) is 4.73. The first kappa shape index (κ1) is 13.1. The van der Waals surface area contributed by atoms with Crippen LogP contribution in [0.2, 0.25) is 0 Å². The van der Waals surface area contributed by atoms with Crippen LogP contribution in [-0.2, 0) is 0 Å². The highest BCUT2D eigenvalue weighted by atomic mass is 32.2. The van der Waals surface area contributed by atoms with E-state index in [1.807, 2.05) is 24.4 Å². The standard InChI is InChI=1S/C14H17N3S/c1-3-15-11(2)12-7-9-17-14(10-12)18-13-6-4-5-8-16-13/h4-11,15H,3H2,1-2H3. The molecule has 2 rings (SSSR count). The Bertz CT molecular complexity index is 487. The van der Waals surface area contributed by atoms with Crippen molar-refractivity contribution >= 4 is 11.8 Å². The minimum absolute atomic E-state index is 0.348. The van der Waals surface area contributed by atoms with Crippen LogP contribution in [-0.4, -0.2) is 16.5 Å². The highest BCUT2D eigenvalue weighted by Gasteiger charge is 2.06. The molecule has 2 aromatic rings. The van der Waals surface area contributed by atoms with Crippen LogP contribution in [0.25, 0.3) is 0 Å². The normalized spacial score (nSPS) is 12.3. The second-order valence-corrected chi connectivity index (χ2v) is 5.02. The van der Waals surface area contributed by atoms with E-state index in [4.69, 9.17) is 0 Å². The third-order valence-electron chi connectivity index (χ3n) is 2.62. The van der Waals surface area contributed by atoms with Gasteiger partial charge in [0.05, 0.1) is 0 Å². The Morgan fingerprint density at radius 3 is 2.72 bits per heavy atom. The molecule has 0 fully saturated rings. The van der Waals surface area contributed by atoms with E-state index in [1.165, 1.54) is 5.56 Å². The van der Waals surface area contributed by atoms with Crippen LogP contribution < -0.4 is 5.32 Å². The largest absolute Gasteiger partial charge is 0.310 e. The first-order valence-corrected chi connectivity index (χ1v) is 6.89. The van der Waals surface area contributed by atoms with E-state index in [0.717, 1.165) is 16.6 Å². The Labute approximate surface area is 112 Å². The SMILES string of the molecule is CCNC(C)c1ccnc(Sc2ccccn2)c1. The van der Waals surface area contributed by atoms with Crippen LogP contribution in [0.15, 0.2) is 52.8 Å². The number of nitrogens with zero attached hydrogens (tertiary/aromatic N) is 2.